The van der Waals surface area contributed by atoms with Gasteiger partial charge in [-0.25, -0.2) is 8.42 Å². The third kappa shape index (κ3) is 4.53. The van der Waals surface area contributed by atoms with Crippen molar-refractivity contribution >= 4 is 27.3 Å². The van der Waals surface area contributed by atoms with Gasteiger partial charge in [0.2, 0.25) is 10.0 Å². The normalized spacial score (nSPS) is 12.0. The number of sulfonamides is 1. The molecule has 106 valence electrons. The lowest BCUT2D eigenvalue weighted by Crippen LogP contribution is -2.39. The molecule has 0 spiro atoms. The van der Waals surface area contributed by atoms with Gasteiger partial charge in [0.05, 0.1) is 17.6 Å². The maximum atomic E-state index is 12.0. The second-order valence-corrected chi connectivity index (χ2v) is 6.34. The van der Waals surface area contributed by atoms with E-state index in [2.05, 4.69) is 10.0 Å². The molecule has 0 atom stereocenters. The van der Waals surface area contributed by atoms with Crippen molar-refractivity contribution in [1.29, 1.82) is 0 Å². The number of carbonyl (C=O) groups is 1. The highest BCUT2D eigenvalue weighted by Crippen LogP contribution is 2.23. The van der Waals surface area contributed by atoms with Crippen LogP contribution in [0.15, 0.2) is 24.3 Å². The van der Waals surface area contributed by atoms with Crippen LogP contribution in [0.2, 0.25) is 0 Å². The second-order valence-electron chi connectivity index (χ2n) is 4.59. The largest absolute Gasteiger partial charge is 0.369 e. The van der Waals surface area contributed by atoms with Gasteiger partial charge in [-0.15, -0.1) is 0 Å². The van der Waals surface area contributed by atoms with Crippen molar-refractivity contribution in [2.45, 2.75) is 19.4 Å². The van der Waals surface area contributed by atoms with Crippen LogP contribution in [0.4, 0.5) is 11.4 Å². The van der Waals surface area contributed by atoms with Gasteiger partial charge in [0.25, 0.3) is 5.91 Å². The van der Waals surface area contributed by atoms with Gasteiger partial charge >= 0.3 is 0 Å². The van der Waals surface area contributed by atoms with Crippen LogP contribution < -0.4 is 10.0 Å². The number of para-hydroxylation sites is 2. The first-order valence-corrected chi connectivity index (χ1v) is 7.48. The predicted octanol–water partition coefficient (Wildman–Crippen LogP) is 1.42. The molecule has 0 fully saturated rings. The summed E-state index contributed by atoms with van der Waals surface area (Å²) in [7, 11) is -1.98. The van der Waals surface area contributed by atoms with E-state index < -0.39 is 15.6 Å². The zero-order valence-corrected chi connectivity index (χ0v) is 12.2. The average molecular weight is 286 g/mol. The van der Waals surface area contributed by atoms with E-state index in [9.17, 15) is 13.2 Å². The maximum absolute atomic E-state index is 12.0. The molecule has 0 bridgehead atoms. The Morgan fingerprint density at radius 2 is 1.74 bits per heavy atom. The smallest absolute Gasteiger partial charge is 0.256 e. The van der Waals surface area contributed by atoms with Gasteiger partial charge in [-0.2, -0.15) is 0 Å². The SMILES string of the molecule is COC(C)(C)C(=O)Nc1ccccc1NS(C)(=O)=O. The van der Waals surface area contributed by atoms with E-state index in [0.717, 1.165) is 6.26 Å². The van der Waals surface area contributed by atoms with Gasteiger partial charge < -0.3 is 10.1 Å². The number of anilines is 2. The highest BCUT2D eigenvalue weighted by Gasteiger charge is 2.27. The maximum Gasteiger partial charge on any atom is 0.256 e. The molecule has 0 aliphatic heterocycles. The molecule has 1 aromatic rings. The molecule has 0 aliphatic carbocycles. The van der Waals surface area contributed by atoms with Crippen LogP contribution in [0.5, 0.6) is 0 Å². The van der Waals surface area contributed by atoms with Crippen molar-refractivity contribution in [2.24, 2.45) is 0 Å². The first-order valence-electron chi connectivity index (χ1n) is 5.59. The number of carbonyl (C=O) groups excluding carboxylic acids is 1. The van der Waals surface area contributed by atoms with Crippen LogP contribution in [0.1, 0.15) is 13.8 Å². The van der Waals surface area contributed by atoms with E-state index in [1.165, 1.54) is 7.11 Å². The summed E-state index contributed by atoms with van der Waals surface area (Å²) in [6, 6.07) is 6.54. The first-order chi connectivity index (χ1) is 8.65. The van der Waals surface area contributed by atoms with Crippen molar-refractivity contribution in [3.63, 3.8) is 0 Å². The van der Waals surface area contributed by atoms with Gasteiger partial charge in [-0.05, 0) is 26.0 Å². The summed E-state index contributed by atoms with van der Waals surface area (Å²) in [4.78, 5) is 12.0. The van der Waals surface area contributed by atoms with Crippen LogP contribution in [-0.4, -0.2) is 33.3 Å². The monoisotopic (exact) mass is 286 g/mol. The van der Waals surface area contributed by atoms with E-state index in [-0.39, 0.29) is 5.91 Å². The van der Waals surface area contributed by atoms with E-state index >= 15 is 0 Å². The number of rotatable bonds is 5. The van der Waals surface area contributed by atoms with Crippen molar-refractivity contribution in [1.82, 2.24) is 0 Å². The Kier molecular flexibility index (Phi) is 4.54. The molecule has 0 heterocycles. The fraction of sp³-hybridized carbons (Fsp3) is 0.417. The fourth-order valence-electron chi connectivity index (χ4n) is 1.25. The molecule has 19 heavy (non-hydrogen) atoms. The minimum Gasteiger partial charge on any atom is -0.369 e. The Balaban J connectivity index is 2.99. The van der Waals surface area contributed by atoms with Gasteiger partial charge in [0.1, 0.15) is 5.60 Å². The Morgan fingerprint density at radius 1 is 1.21 bits per heavy atom. The summed E-state index contributed by atoms with van der Waals surface area (Å²) in [6.45, 7) is 3.24. The number of benzene rings is 1. The summed E-state index contributed by atoms with van der Waals surface area (Å²) >= 11 is 0. The molecule has 0 saturated heterocycles. The number of amides is 1. The van der Waals surface area contributed by atoms with Gasteiger partial charge in [-0.3, -0.25) is 9.52 Å². The lowest BCUT2D eigenvalue weighted by atomic mass is 10.1. The zero-order valence-electron chi connectivity index (χ0n) is 11.4. The zero-order chi connectivity index (χ0) is 14.7. The first kappa shape index (κ1) is 15.5. The Bertz CT molecular complexity index is 567. The molecular weight excluding hydrogens is 268 g/mol. The predicted molar refractivity (Wildman–Crippen MR) is 74.6 cm³/mol. The molecule has 1 aromatic carbocycles. The van der Waals surface area contributed by atoms with Gasteiger partial charge in [0.15, 0.2) is 0 Å². The molecule has 0 aromatic heterocycles. The molecular formula is C12H18N2O4S. The minimum absolute atomic E-state index is 0.310. The van der Waals surface area contributed by atoms with Crippen LogP contribution >= 0.6 is 0 Å². The van der Waals surface area contributed by atoms with Crippen molar-refractivity contribution in [3.05, 3.63) is 24.3 Å². The van der Waals surface area contributed by atoms with Crippen LogP contribution in [0, 0.1) is 0 Å². The summed E-state index contributed by atoms with van der Waals surface area (Å²) in [5.41, 5.74) is -0.314. The summed E-state index contributed by atoms with van der Waals surface area (Å²) < 4.78 is 29.9. The summed E-state index contributed by atoms with van der Waals surface area (Å²) in [5, 5.41) is 2.63. The minimum atomic E-state index is -3.41. The fourth-order valence-corrected chi connectivity index (χ4v) is 1.82. The van der Waals surface area contributed by atoms with Crippen LogP contribution in [0.25, 0.3) is 0 Å². The molecule has 0 unspecified atom stereocenters. The summed E-state index contributed by atoms with van der Waals surface area (Å²) in [5.74, 6) is -0.363. The molecule has 1 amide bonds. The number of nitrogens with one attached hydrogen (secondary N) is 2. The highest BCUT2D eigenvalue weighted by molar-refractivity contribution is 7.92. The lowest BCUT2D eigenvalue weighted by molar-refractivity contribution is -0.133. The molecule has 0 saturated carbocycles. The lowest BCUT2D eigenvalue weighted by Gasteiger charge is -2.22. The molecule has 1 rings (SSSR count). The summed E-state index contributed by atoms with van der Waals surface area (Å²) in [6.07, 6.45) is 1.05. The standard InChI is InChI=1S/C12H18N2O4S/c1-12(2,18-3)11(15)13-9-7-5-6-8-10(9)14-19(4,16)17/h5-8,14H,1-4H3,(H,13,15). The van der Waals surface area contributed by atoms with E-state index in [4.69, 9.17) is 4.74 Å². The van der Waals surface area contributed by atoms with Crippen LogP contribution in [0.3, 0.4) is 0 Å². The van der Waals surface area contributed by atoms with Crippen molar-refractivity contribution < 1.29 is 17.9 Å². The Morgan fingerprint density at radius 3 is 2.21 bits per heavy atom. The molecule has 6 nitrogen and oxygen atoms in total. The molecule has 0 aliphatic rings. The van der Waals surface area contributed by atoms with Crippen LogP contribution in [-0.2, 0) is 19.6 Å². The van der Waals surface area contributed by atoms with Crippen molar-refractivity contribution in [3.8, 4) is 0 Å². The van der Waals surface area contributed by atoms with E-state index in [0.29, 0.717) is 11.4 Å². The Hall–Kier alpha value is -1.60. The molecule has 2 N–H and O–H groups in total. The second kappa shape index (κ2) is 5.58. The number of hydrogen-bond donors (Lipinski definition) is 2. The topological polar surface area (TPSA) is 84.5 Å². The molecule has 0 radical (unpaired) electrons. The van der Waals surface area contributed by atoms with Crippen molar-refractivity contribution in [2.75, 3.05) is 23.4 Å². The van der Waals surface area contributed by atoms with E-state index in [1.54, 1.807) is 38.1 Å². The average Bonchev–Trinajstić information content (AvgIpc) is 2.29. The highest BCUT2D eigenvalue weighted by atomic mass is 32.2. The van der Waals surface area contributed by atoms with Gasteiger partial charge in [-0.1, -0.05) is 12.1 Å². The number of methoxy groups -OCH3 is 1. The third-order valence-corrected chi connectivity index (χ3v) is 3.12. The third-order valence-electron chi connectivity index (χ3n) is 2.53. The van der Waals surface area contributed by atoms with E-state index in [1.807, 2.05) is 0 Å². The Labute approximate surface area is 113 Å². The number of hydrogen-bond acceptors (Lipinski definition) is 4. The quantitative estimate of drug-likeness (QED) is 0.857. The molecule has 7 heteroatoms. The van der Waals surface area contributed by atoms with Gasteiger partial charge in [0, 0.05) is 7.11 Å². The number of ether oxygens (including phenoxy) is 1.